The molecule has 4 atom stereocenters. The number of hydrogen-bond acceptors (Lipinski definition) is 6. The maximum absolute atomic E-state index is 13.5. The van der Waals surface area contributed by atoms with Crippen molar-refractivity contribution in [2.24, 2.45) is 23.7 Å². The van der Waals surface area contributed by atoms with Gasteiger partial charge in [-0.3, -0.25) is 29.3 Å². The summed E-state index contributed by atoms with van der Waals surface area (Å²) < 4.78 is 0.759. The number of rotatable bonds is 6. The highest BCUT2D eigenvalue weighted by molar-refractivity contribution is 9.10. The average molecular weight is 524 g/mol. The smallest absolute Gasteiger partial charge is 0.273 e. The molecule has 1 saturated carbocycles. The van der Waals surface area contributed by atoms with Gasteiger partial charge in [-0.25, -0.2) is 5.01 Å². The first-order valence-electron chi connectivity index (χ1n) is 10.7. The number of hydrazine groups is 1. The highest BCUT2D eigenvalue weighted by Crippen LogP contribution is 2.52. The Morgan fingerprint density at radius 3 is 2.21 bits per heavy atom. The Kier molecular flexibility index (Phi) is 5.40. The predicted octanol–water partition coefficient (Wildman–Crippen LogP) is 3.40. The van der Waals surface area contributed by atoms with Crippen molar-refractivity contribution in [2.75, 3.05) is 6.54 Å². The molecule has 0 N–H and O–H groups in total. The van der Waals surface area contributed by atoms with E-state index in [1.54, 1.807) is 24.3 Å². The molecule has 3 aliphatic rings. The van der Waals surface area contributed by atoms with Crippen molar-refractivity contribution < 1.29 is 24.1 Å². The number of ketones is 1. The zero-order valence-corrected chi connectivity index (χ0v) is 19.3. The second-order valence-corrected chi connectivity index (χ2v) is 9.50. The summed E-state index contributed by atoms with van der Waals surface area (Å²) in [6.45, 7) is -0.567. The van der Waals surface area contributed by atoms with Crippen LogP contribution >= 0.6 is 15.9 Å². The van der Waals surface area contributed by atoms with E-state index in [2.05, 4.69) is 15.9 Å². The Labute approximate surface area is 202 Å². The lowest BCUT2D eigenvalue weighted by Gasteiger charge is -2.30. The van der Waals surface area contributed by atoms with E-state index < -0.39 is 46.8 Å². The molecule has 0 radical (unpaired) electrons. The number of nitro groups is 1. The summed E-state index contributed by atoms with van der Waals surface area (Å²) in [6, 6.07) is 11.4. The lowest BCUT2D eigenvalue weighted by molar-refractivity contribution is -0.384. The molecule has 172 valence electrons. The monoisotopic (exact) mass is 523 g/mol. The number of hydrogen-bond donors (Lipinski definition) is 0. The van der Waals surface area contributed by atoms with E-state index in [4.69, 9.17) is 0 Å². The van der Waals surface area contributed by atoms with Crippen molar-refractivity contribution in [3.8, 4) is 0 Å². The molecule has 5 rings (SSSR count). The minimum absolute atomic E-state index is 0.0756. The van der Waals surface area contributed by atoms with Gasteiger partial charge >= 0.3 is 0 Å². The third kappa shape index (κ3) is 3.54. The summed E-state index contributed by atoms with van der Waals surface area (Å²) in [6.07, 6.45) is 4.58. The third-order valence-corrected chi connectivity index (χ3v) is 7.22. The molecule has 1 aliphatic heterocycles. The zero-order valence-electron chi connectivity index (χ0n) is 17.7. The average Bonchev–Trinajstić information content (AvgIpc) is 3.51. The van der Waals surface area contributed by atoms with Gasteiger partial charge in [0.2, 0.25) is 0 Å². The Morgan fingerprint density at radius 2 is 1.62 bits per heavy atom. The summed E-state index contributed by atoms with van der Waals surface area (Å²) in [5.74, 6) is -3.64. The molecule has 0 spiro atoms. The molecule has 0 unspecified atom stereocenters. The van der Waals surface area contributed by atoms with E-state index in [0.29, 0.717) is 5.56 Å². The normalized spacial score (nSPS) is 24.4. The summed E-state index contributed by atoms with van der Waals surface area (Å²) in [5, 5.41) is 12.8. The molecule has 2 fully saturated rings. The second kappa shape index (κ2) is 8.28. The fourth-order valence-electron chi connectivity index (χ4n) is 5.12. The van der Waals surface area contributed by atoms with Gasteiger partial charge < -0.3 is 0 Å². The van der Waals surface area contributed by atoms with Gasteiger partial charge in [0.1, 0.15) is 6.54 Å². The van der Waals surface area contributed by atoms with Crippen LogP contribution in [0, 0.1) is 33.8 Å². The highest BCUT2D eigenvalue weighted by Gasteiger charge is 2.61. The number of fused-ring (bicyclic) bond motifs is 5. The highest BCUT2D eigenvalue weighted by atomic mass is 79.9. The number of carbonyl (C=O) groups is 4. The summed E-state index contributed by atoms with van der Waals surface area (Å²) >= 11 is 3.30. The van der Waals surface area contributed by atoms with Gasteiger partial charge in [-0.15, -0.1) is 0 Å². The van der Waals surface area contributed by atoms with Crippen molar-refractivity contribution in [1.29, 1.82) is 0 Å². The fourth-order valence-corrected chi connectivity index (χ4v) is 5.39. The first-order valence-corrected chi connectivity index (χ1v) is 11.5. The van der Waals surface area contributed by atoms with Crippen LogP contribution in [0.5, 0.6) is 0 Å². The molecule has 2 bridgehead atoms. The first kappa shape index (κ1) is 22.1. The molecule has 1 heterocycles. The van der Waals surface area contributed by atoms with Crippen LogP contribution in [0.15, 0.2) is 65.2 Å². The second-order valence-electron chi connectivity index (χ2n) is 8.59. The van der Waals surface area contributed by atoms with Gasteiger partial charge in [-0.05, 0) is 36.5 Å². The molecule has 2 aliphatic carbocycles. The summed E-state index contributed by atoms with van der Waals surface area (Å²) in [4.78, 5) is 63.8. The van der Waals surface area contributed by atoms with E-state index in [0.717, 1.165) is 27.0 Å². The minimum Gasteiger partial charge on any atom is -0.292 e. The lowest BCUT2D eigenvalue weighted by atomic mass is 9.85. The van der Waals surface area contributed by atoms with E-state index in [1.807, 2.05) is 12.2 Å². The van der Waals surface area contributed by atoms with Crippen molar-refractivity contribution in [3.63, 3.8) is 0 Å². The van der Waals surface area contributed by atoms with Gasteiger partial charge in [0.25, 0.3) is 23.4 Å². The number of Topliss-reactive ketones (excluding diaryl/α,β-unsaturated/α-hetero) is 1. The molecule has 3 amide bonds. The Balaban J connectivity index is 1.51. The van der Waals surface area contributed by atoms with Crippen LogP contribution in [0.4, 0.5) is 5.69 Å². The van der Waals surface area contributed by atoms with Crippen molar-refractivity contribution in [1.82, 2.24) is 10.0 Å². The fraction of sp³-hybridized carbons (Fsp3) is 0.250. The number of imide groups is 1. The first-order chi connectivity index (χ1) is 16.3. The number of carbonyl (C=O) groups excluding carboxylic acids is 4. The summed E-state index contributed by atoms with van der Waals surface area (Å²) in [5.41, 5.74) is -0.124. The maximum Gasteiger partial charge on any atom is 0.273 e. The Morgan fingerprint density at radius 1 is 1.00 bits per heavy atom. The van der Waals surface area contributed by atoms with Gasteiger partial charge in [-0.1, -0.05) is 46.3 Å². The number of benzene rings is 2. The molecule has 9 nitrogen and oxygen atoms in total. The van der Waals surface area contributed by atoms with E-state index >= 15 is 0 Å². The third-order valence-electron chi connectivity index (χ3n) is 6.69. The van der Waals surface area contributed by atoms with Crippen molar-refractivity contribution in [3.05, 3.63) is 86.4 Å². The largest absolute Gasteiger partial charge is 0.292 e. The predicted molar refractivity (Wildman–Crippen MR) is 122 cm³/mol. The minimum atomic E-state index is -0.837. The van der Waals surface area contributed by atoms with Gasteiger partial charge in [0.15, 0.2) is 5.78 Å². The van der Waals surface area contributed by atoms with Crippen LogP contribution in [0.1, 0.15) is 27.1 Å². The number of halogens is 1. The van der Waals surface area contributed by atoms with Crippen LogP contribution in [0.3, 0.4) is 0 Å². The number of nitrogens with zero attached hydrogens (tertiary/aromatic N) is 3. The van der Waals surface area contributed by atoms with E-state index in [9.17, 15) is 29.3 Å². The van der Waals surface area contributed by atoms with Crippen LogP contribution in [0.2, 0.25) is 0 Å². The van der Waals surface area contributed by atoms with Crippen LogP contribution in [0.25, 0.3) is 0 Å². The topological polar surface area (TPSA) is 118 Å². The number of non-ortho nitro benzene ring substituents is 1. The van der Waals surface area contributed by atoms with Gasteiger partial charge in [0.05, 0.1) is 16.8 Å². The van der Waals surface area contributed by atoms with Crippen LogP contribution in [-0.2, 0) is 9.59 Å². The molecular formula is C24H18BrN3O6. The lowest BCUT2D eigenvalue weighted by Crippen LogP contribution is -2.52. The van der Waals surface area contributed by atoms with Crippen molar-refractivity contribution in [2.45, 2.75) is 6.42 Å². The molecule has 2 aromatic rings. The SMILES string of the molecule is O=C(CN(C(=O)c1cccc([N+](=O)[O-])c1)N1C(=O)[C@H]2[C@H](C1=O)[C@H]1C=C[C@H]2C1)c1ccc(Br)cc1. The van der Waals surface area contributed by atoms with E-state index in [1.165, 1.54) is 18.2 Å². The number of allylic oxidation sites excluding steroid dienone is 2. The van der Waals surface area contributed by atoms with Crippen molar-refractivity contribution >= 4 is 45.1 Å². The molecule has 2 aromatic carbocycles. The number of nitro benzene ring substituents is 1. The van der Waals surface area contributed by atoms with Crippen LogP contribution < -0.4 is 0 Å². The van der Waals surface area contributed by atoms with Gasteiger partial charge in [-0.2, -0.15) is 5.01 Å². The Bertz CT molecular complexity index is 1240. The molecule has 0 aromatic heterocycles. The quantitative estimate of drug-likeness (QED) is 0.188. The van der Waals surface area contributed by atoms with Gasteiger partial charge in [0, 0.05) is 27.7 Å². The zero-order chi connectivity index (χ0) is 24.1. The molecule has 34 heavy (non-hydrogen) atoms. The van der Waals surface area contributed by atoms with E-state index in [-0.39, 0.29) is 23.1 Å². The maximum atomic E-state index is 13.5. The Hall–Kier alpha value is -3.66. The molecule has 10 heteroatoms. The summed E-state index contributed by atoms with van der Waals surface area (Å²) in [7, 11) is 0. The standard InChI is InChI=1S/C24H18BrN3O6/c25-17-8-6-13(7-9-17)19(29)12-26(22(30)16-2-1-3-18(11-16)28(33)34)27-23(31)20-14-4-5-15(10-14)21(20)24(27)32/h1-9,11,14-15,20-21H,10,12H2/t14-,15-,20+,21+/m0/s1. The molecule has 1 saturated heterocycles. The number of amides is 3. The van der Waals surface area contributed by atoms with Crippen LogP contribution in [-0.4, -0.2) is 45.0 Å². The molecular weight excluding hydrogens is 506 g/mol.